The smallest absolute Gasteiger partial charge is 0.152 e. The summed E-state index contributed by atoms with van der Waals surface area (Å²) in [7, 11) is 0. The lowest BCUT2D eigenvalue weighted by Crippen LogP contribution is -2.07. The summed E-state index contributed by atoms with van der Waals surface area (Å²) < 4.78 is 0.917. The second-order valence-corrected chi connectivity index (χ2v) is 6.96. The summed E-state index contributed by atoms with van der Waals surface area (Å²) >= 11 is 11.3. The summed E-state index contributed by atoms with van der Waals surface area (Å²) in [5.74, 6) is 0. The van der Waals surface area contributed by atoms with E-state index < -0.39 is 0 Å². The van der Waals surface area contributed by atoms with Crippen molar-refractivity contribution in [3.63, 3.8) is 0 Å². The highest BCUT2D eigenvalue weighted by Gasteiger charge is 2.13. The normalized spacial score (nSPS) is 12.5. The minimum Gasteiger partial charge on any atom is -0.376 e. The van der Waals surface area contributed by atoms with E-state index in [9.17, 15) is 0 Å². The molecule has 2 heterocycles. The summed E-state index contributed by atoms with van der Waals surface area (Å²) in [6, 6.07) is 4.38. The molecule has 0 saturated heterocycles. The average Bonchev–Trinajstić information content (AvgIpc) is 2.63. The maximum absolute atomic E-state index is 6.08. The van der Waals surface area contributed by atoms with Crippen LogP contribution in [0.25, 0.3) is 0 Å². The quantitative estimate of drug-likeness (QED) is 0.759. The molecule has 5 heteroatoms. The highest BCUT2D eigenvalue weighted by Crippen LogP contribution is 2.31. The number of aromatic nitrogens is 1. The lowest BCUT2D eigenvalue weighted by atomic mass is 10.1. The van der Waals surface area contributed by atoms with Gasteiger partial charge in [-0.15, -0.1) is 11.3 Å². The van der Waals surface area contributed by atoms with Crippen LogP contribution in [0.2, 0.25) is 5.15 Å². The van der Waals surface area contributed by atoms with Gasteiger partial charge in [0.2, 0.25) is 0 Å². The van der Waals surface area contributed by atoms with Crippen molar-refractivity contribution in [1.82, 2.24) is 4.98 Å². The van der Waals surface area contributed by atoms with Crippen LogP contribution >= 0.6 is 38.9 Å². The molecular formula is C13H14BrClN2S. The van der Waals surface area contributed by atoms with E-state index in [-0.39, 0.29) is 6.04 Å². The van der Waals surface area contributed by atoms with E-state index in [1.165, 1.54) is 15.3 Å². The lowest BCUT2D eigenvalue weighted by molar-refractivity contribution is 0.879. The zero-order valence-corrected chi connectivity index (χ0v) is 13.6. The van der Waals surface area contributed by atoms with Crippen LogP contribution in [0.15, 0.2) is 22.8 Å². The van der Waals surface area contributed by atoms with E-state index >= 15 is 0 Å². The average molecular weight is 346 g/mol. The second kappa shape index (κ2) is 5.59. The van der Waals surface area contributed by atoms with Gasteiger partial charge in [-0.1, -0.05) is 11.6 Å². The molecule has 1 atom stereocenters. The van der Waals surface area contributed by atoms with Gasteiger partial charge in [0.15, 0.2) is 5.15 Å². The zero-order valence-electron chi connectivity index (χ0n) is 10.4. The molecule has 1 N–H and O–H groups in total. The van der Waals surface area contributed by atoms with Gasteiger partial charge < -0.3 is 5.32 Å². The van der Waals surface area contributed by atoms with Crippen LogP contribution in [0, 0.1) is 13.8 Å². The fourth-order valence-electron chi connectivity index (χ4n) is 1.92. The Kier molecular flexibility index (Phi) is 4.30. The Hall–Kier alpha value is -0.580. The molecule has 2 aromatic rings. The molecule has 0 saturated carbocycles. The molecular weight excluding hydrogens is 332 g/mol. The van der Waals surface area contributed by atoms with E-state index in [1.807, 2.05) is 17.4 Å². The van der Waals surface area contributed by atoms with Crippen LogP contribution in [-0.2, 0) is 0 Å². The van der Waals surface area contributed by atoms with Crippen molar-refractivity contribution in [3.05, 3.63) is 43.3 Å². The van der Waals surface area contributed by atoms with Gasteiger partial charge in [0, 0.05) is 26.5 Å². The fourth-order valence-corrected chi connectivity index (χ4v) is 3.43. The number of aryl methyl sites for hydroxylation is 2. The van der Waals surface area contributed by atoms with E-state index in [2.05, 4.69) is 53.1 Å². The van der Waals surface area contributed by atoms with Crippen LogP contribution in [0.4, 0.5) is 5.69 Å². The first-order valence-corrected chi connectivity index (χ1v) is 7.60. The standard InChI is InChI=1S/C13H14BrClN2S/c1-7-4-11(9(3)18-7)8(2)17-12-5-10(14)6-16-13(12)15/h4-6,8,17H,1-3H3. The Morgan fingerprint density at radius 3 is 2.72 bits per heavy atom. The minimum atomic E-state index is 0.212. The molecule has 1 unspecified atom stereocenters. The molecule has 0 aliphatic heterocycles. The minimum absolute atomic E-state index is 0.212. The van der Waals surface area contributed by atoms with Gasteiger partial charge in [-0.05, 0) is 54.4 Å². The van der Waals surface area contributed by atoms with Crippen LogP contribution in [0.5, 0.6) is 0 Å². The maximum Gasteiger partial charge on any atom is 0.152 e. The largest absolute Gasteiger partial charge is 0.376 e. The third-order valence-corrected chi connectivity index (χ3v) is 4.44. The van der Waals surface area contributed by atoms with Crippen LogP contribution in [0.3, 0.4) is 0 Å². The van der Waals surface area contributed by atoms with Crippen molar-refractivity contribution in [2.45, 2.75) is 26.8 Å². The number of rotatable bonds is 3. The third-order valence-electron chi connectivity index (χ3n) is 2.72. The highest BCUT2D eigenvalue weighted by atomic mass is 79.9. The van der Waals surface area contributed by atoms with Gasteiger partial charge in [0.25, 0.3) is 0 Å². The van der Waals surface area contributed by atoms with Gasteiger partial charge >= 0.3 is 0 Å². The van der Waals surface area contributed by atoms with Gasteiger partial charge in [-0.2, -0.15) is 0 Å². The van der Waals surface area contributed by atoms with E-state index in [1.54, 1.807) is 6.20 Å². The lowest BCUT2D eigenvalue weighted by Gasteiger charge is -2.16. The Bertz CT molecular complexity index is 568. The van der Waals surface area contributed by atoms with E-state index in [4.69, 9.17) is 11.6 Å². The molecule has 0 aliphatic rings. The topological polar surface area (TPSA) is 24.9 Å². The SMILES string of the molecule is Cc1cc(C(C)Nc2cc(Br)cnc2Cl)c(C)s1. The molecule has 0 spiro atoms. The number of anilines is 1. The molecule has 0 amide bonds. The van der Waals surface area contributed by atoms with Crippen molar-refractivity contribution in [2.24, 2.45) is 0 Å². The molecule has 0 radical (unpaired) electrons. The first kappa shape index (κ1) is 13.8. The van der Waals surface area contributed by atoms with Crippen molar-refractivity contribution in [3.8, 4) is 0 Å². The molecule has 0 fully saturated rings. The molecule has 96 valence electrons. The van der Waals surface area contributed by atoms with Crippen molar-refractivity contribution in [1.29, 1.82) is 0 Å². The number of nitrogens with zero attached hydrogens (tertiary/aromatic N) is 1. The van der Waals surface area contributed by atoms with Crippen LogP contribution in [0.1, 0.15) is 28.3 Å². The Morgan fingerprint density at radius 2 is 2.11 bits per heavy atom. The van der Waals surface area contributed by atoms with Crippen LogP contribution in [-0.4, -0.2) is 4.98 Å². The van der Waals surface area contributed by atoms with Crippen molar-refractivity contribution < 1.29 is 0 Å². The number of pyridine rings is 1. The number of nitrogens with one attached hydrogen (secondary N) is 1. The molecule has 18 heavy (non-hydrogen) atoms. The van der Waals surface area contributed by atoms with Gasteiger partial charge in [-0.3, -0.25) is 0 Å². The number of halogens is 2. The third kappa shape index (κ3) is 3.05. The second-order valence-electron chi connectivity index (χ2n) is 4.23. The molecule has 2 rings (SSSR count). The number of thiophene rings is 1. The summed E-state index contributed by atoms with van der Waals surface area (Å²) in [5, 5.41) is 3.90. The highest BCUT2D eigenvalue weighted by molar-refractivity contribution is 9.10. The van der Waals surface area contributed by atoms with Crippen LogP contribution < -0.4 is 5.32 Å². The summed E-state index contributed by atoms with van der Waals surface area (Å²) in [5.41, 5.74) is 2.16. The Labute approximate surface area is 125 Å². The fraction of sp³-hybridized carbons (Fsp3) is 0.308. The monoisotopic (exact) mass is 344 g/mol. The first-order valence-electron chi connectivity index (χ1n) is 5.62. The first-order chi connectivity index (χ1) is 8.47. The number of hydrogen-bond acceptors (Lipinski definition) is 3. The summed E-state index contributed by atoms with van der Waals surface area (Å²) in [4.78, 5) is 6.78. The van der Waals surface area contributed by atoms with Gasteiger partial charge in [0.1, 0.15) is 0 Å². The molecule has 2 nitrogen and oxygen atoms in total. The predicted octanol–water partition coefficient (Wildman–Crippen LogP) is 5.35. The van der Waals surface area contributed by atoms with E-state index in [0.717, 1.165) is 10.2 Å². The Balaban J connectivity index is 2.23. The maximum atomic E-state index is 6.08. The Morgan fingerprint density at radius 1 is 1.39 bits per heavy atom. The van der Waals surface area contributed by atoms with Crippen molar-refractivity contribution in [2.75, 3.05) is 5.32 Å². The summed E-state index contributed by atoms with van der Waals surface area (Å²) in [6.45, 7) is 6.40. The molecule has 0 bridgehead atoms. The van der Waals surface area contributed by atoms with Gasteiger partial charge in [-0.25, -0.2) is 4.98 Å². The summed E-state index contributed by atoms with van der Waals surface area (Å²) in [6.07, 6.45) is 1.69. The van der Waals surface area contributed by atoms with Gasteiger partial charge in [0.05, 0.1) is 5.69 Å². The predicted molar refractivity (Wildman–Crippen MR) is 82.8 cm³/mol. The van der Waals surface area contributed by atoms with E-state index in [0.29, 0.717) is 5.15 Å². The van der Waals surface area contributed by atoms with Crippen molar-refractivity contribution >= 4 is 44.6 Å². The molecule has 0 aliphatic carbocycles. The molecule has 2 aromatic heterocycles. The molecule has 0 aromatic carbocycles. The zero-order chi connectivity index (χ0) is 13.3. The number of hydrogen-bond donors (Lipinski definition) is 1.